The molecule has 0 aliphatic heterocycles. The number of hydrogen-bond acceptors (Lipinski definition) is 3. The Kier molecular flexibility index (Phi) is 4.32. The average Bonchev–Trinajstić information content (AvgIpc) is 2.50. The highest BCUT2D eigenvalue weighted by atomic mass is 32.2. The lowest BCUT2D eigenvalue weighted by Gasteiger charge is -1.92. The molecule has 13 heavy (non-hydrogen) atoms. The van der Waals surface area contributed by atoms with Gasteiger partial charge in [-0.05, 0) is 24.3 Å². The highest BCUT2D eigenvalue weighted by molar-refractivity contribution is 8.01. The van der Waals surface area contributed by atoms with Crippen molar-refractivity contribution < 1.29 is 9.90 Å². The standard InChI is InChI=1S/C9H12O2S2/c1-2-12-9-6-4-7(13-9)3-5-8(10)11/h4,6H,2-3,5H2,1H3,(H,10,11). The Labute approximate surface area is 86.0 Å². The van der Waals surface area contributed by atoms with E-state index in [-0.39, 0.29) is 6.42 Å². The van der Waals surface area contributed by atoms with E-state index in [1.54, 1.807) is 23.1 Å². The topological polar surface area (TPSA) is 37.3 Å². The summed E-state index contributed by atoms with van der Waals surface area (Å²) in [5, 5.41) is 8.48. The minimum absolute atomic E-state index is 0.233. The molecule has 1 heterocycles. The second-order valence-electron chi connectivity index (χ2n) is 2.55. The molecule has 1 N–H and O–H groups in total. The number of aryl methyl sites for hydroxylation is 1. The van der Waals surface area contributed by atoms with Gasteiger partial charge in [-0.3, -0.25) is 4.79 Å². The summed E-state index contributed by atoms with van der Waals surface area (Å²) in [6.45, 7) is 2.11. The molecule has 0 fully saturated rings. The Hall–Kier alpha value is -0.480. The molecule has 1 aromatic rings. The molecule has 0 aliphatic carbocycles. The molecule has 0 saturated carbocycles. The van der Waals surface area contributed by atoms with E-state index in [1.807, 2.05) is 6.07 Å². The number of carbonyl (C=O) groups is 1. The number of aliphatic carboxylic acids is 1. The maximum Gasteiger partial charge on any atom is 0.303 e. The number of thiophene rings is 1. The Morgan fingerprint density at radius 1 is 1.62 bits per heavy atom. The van der Waals surface area contributed by atoms with Gasteiger partial charge in [0.15, 0.2) is 0 Å². The van der Waals surface area contributed by atoms with Crippen molar-refractivity contribution in [3.8, 4) is 0 Å². The summed E-state index contributed by atoms with van der Waals surface area (Å²) >= 11 is 3.50. The van der Waals surface area contributed by atoms with E-state index in [0.29, 0.717) is 6.42 Å². The predicted molar refractivity (Wildman–Crippen MR) is 56.7 cm³/mol. The van der Waals surface area contributed by atoms with E-state index in [0.717, 1.165) is 5.75 Å². The zero-order chi connectivity index (χ0) is 9.68. The van der Waals surface area contributed by atoms with Crippen LogP contribution in [0.2, 0.25) is 0 Å². The maximum absolute atomic E-state index is 10.3. The molecule has 72 valence electrons. The van der Waals surface area contributed by atoms with Gasteiger partial charge < -0.3 is 5.11 Å². The molecule has 2 nitrogen and oxygen atoms in total. The van der Waals surface area contributed by atoms with Crippen LogP contribution in [0.3, 0.4) is 0 Å². The second kappa shape index (κ2) is 5.29. The van der Waals surface area contributed by atoms with Gasteiger partial charge in [0.2, 0.25) is 0 Å². The summed E-state index contributed by atoms with van der Waals surface area (Å²) in [6.07, 6.45) is 0.890. The van der Waals surface area contributed by atoms with E-state index >= 15 is 0 Å². The molecule has 4 heteroatoms. The van der Waals surface area contributed by atoms with Crippen LogP contribution < -0.4 is 0 Å². The van der Waals surface area contributed by atoms with Gasteiger partial charge in [0.05, 0.1) is 10.6 Å². The van der Waals surface area contributed by atoms with E-state index in [2.05, 4.69) is 13.0 Å². The van der Waals surface area contributed by atoms with Crippen LogP contribution >= 0.6 is 23.1 Å². The first-order valence-corrected chi connectivity index (χ1v) is 5.96. The fraction of sp³-hybridized carbons (Fsp3) is 0.444. The molecule has 1 rings (SSSR count). The van der Waals surface area contributed by atoms with E-state index < -0.39 is 5.97 Å². The number of carboxylic acids is 1. The monoisotopic (exact) mass is 216 g/mol. The summed E-state index contributed by atoms with van der Waals surface area (Å²) in [4.78, 5) is 11.5. The molecular formula is C9H12O2S2. The molecule has 0 amide bonds. The van der Waals surface area contributed by atoms with Crippen molar-refractivity contribution in [1.82, 2.24) is 0 Å². The molecule has 0 atom stereocenters. The first-order valence-electron chi connectivity index (χ1n) is 4.15. The van der Waals surface area contributed by atoms with Gasteiger partial charge in [0.1, 0.15) is 0 Å². The summed E-state index contributed by atoms with van der Waals surface area (Å²) in [6, 6.07) is 4.08. The zero-order valence-corrected chi connectivity index (χ0v) is 9.08. The van der Waals surface area contributed by atoms with Crippen molar-refractivity contribution in [3.63, 3.8) is 0 Å². The summed E-state index contributed by atoms with van der Waals surface area (Å²) in [5.74, 6) is 0.344. The third kappa shape index (κ3) is 3.83. The van der Waals surface area contributed by atoms with Gasteiger partial charge in [-0.25, -0.2) is 0 Å². The first-order chi connectivity index (χ1) is 6.22. The van der Waals surface area contributed by atoms with Crippen LogP contribution in [0.5, 0.6) is 0 Å². The fourth-order valence-corrected chi connectivity index (χ4v) is 3.04. The van der Waals surface area contributed by atoms with Crippen molar-refractivity contribution in [2.75, 3.05) is 5.75 Å². The number of hydrogen-bond donors (Lipinski definition) is 1. The Bertz CT molecular complexity index is 281. The number of thioether (sulfide) groups is 1. The van der Waals surface area contributed by atoms with E-state index in [1.165, 1.54) is 9.09 Å². The second-order valence-corrected chi connectivity index (χ2v) is 5.28. The van der Waals surface area contributed by atoms with Crippen LogP contribution in [0.4, 0.5) is 0 Å². The van der Waals surface area contributed by atoms with Gasteiger partial charge in [-0.15, -0.1) is 23.1 Å². The summed E-state index contributed by atoms with van der Waals surface area (Å²) in [7, 11) is 0. The average molecular weight is 216 g/mol. The normalized spacial score (nSPS) is 10.2. The largest absolute Gasteiger partial charge is 0.481 e. The first kappa shape index (κ1) is 10.6. The van der Waals surface area contributed by atoms with E-state index in [9.17, 15) is 4.79 Å². The highest BCUT2D eigenvalue weighted by Crippen LogP contribution is 2.27. The molecule has 0 saturated heterocycles. The van der Waals surface area contributed by atoms with Crippen molar-refractivity contribution in [2.45, 2.75) is 24.0 Å². The van der Waals surface area contributed by atoms with Crippen LogP contribution in [0.15, 0.2) is 16.3 Å². The third-order valence-electron chi connectivity index (χ3n) is 1.51. The smallest absolute Gasteiger partial charge is 0.303 e. The lowest BCUT2D eigenvalue weighted by molar-refractivity contribution is -0.136. The molecule has 0 spiro atoms. The van der Waals surface area contributed by atoms with Crippen molar-refractivity contribution in [3.05, 3.63) is 17.0 Å². The lowest BCUT2D eigenvalue weighted by atomic mass is 10.3. The van der Waals surface area contributed by atoms with Gasteiger partial charge in [-0.2, -0.15) is 0 Å². The van der Waals surface area contributed by atoms with Crippen LogP contribution in [0.1, 0.15) is 18.2 Å². The predicted octanol–water partition coefficient (Wildman–Crippen LogP) is 2.88. The van der Waals surface area contributed by atoms with Gasteiger partial charge in [0.25, 0.3) is 0 Å². The summed E-state index contributed by atoms with van der Waals surface area (Å²) < 4.78 is 1.28. The Morgan fingerprint density at radius 2 is 2.38 bits per heavy atom. The molecule has 0 unspecified atom stereocenters. The van der Waals surface area contributed by atoms with Gasteiger partial charge in [-0.1, -0.05) is 6.92 Å². The molecule has 1 aromatic heterocycles. The van der Waals surface area contributed by atoms with Crippen LogP contribution in [0, 0.1) is 0 Å². The van der Waals surface area contributed by atoms with Crippen molar-refractivity contribution in [1.29, 1.82) is 0 Å². The number of carboxylic acid groups (broad SMARTS) is 1. The molecule has 0 aliphatic rings. The molecule has 0 radical (unpaired) electrons. The third-order valence-corrected chi connectivity index (χ3v) is 3.76. The molecule has 0 bridgehead atoms. The summed E-state index contributed by atoms with van der Waals surface area (Å²) in [5.41, 5.74) is 0. The maximum atomic E-state index is 10.3. The minimum atomic E-state index is -0.724. The Morgan fingerprint density at radius 3 is 3.00 bits per heavy atom. The van der Waals surface area contributed by atoms with Crippen LogP contribution in [0.25, 0.3) is 0 Å². The Balaban J connectivity index is 2.44. The van der Waals surface area contributed by atoms with Crippen LogP contribution in [-0.2, 0) is 11.2 Å². The number of rotatable bonds is 5. The van der Waals surface area contributed by atoms with Crippen molar-refractivity contribution >= 4 is 29.1 Å². The SMILES string of the molecule is CCSc1ccc(CCC(=O)O)s1. The molecule has 0 aromatic carbocycles. The molecular weight excluding hydrogens is 204 g/mol. The minimum Gasteiger partial charge on any atom is -0.481 e. The van der Waals surface area contributed by atoms with E-state index in [4.69, 9.17) is 5.11 Å². The van der Waals surface area contributed by atoms with Crippen molar-refractivity contribution in [2.24, 2.45) is 0 Å². The quantitative estimate of drug-likeness (QED) is 0.769. The zero-order valence-electron chi connectivity index (χ0n) is 7.45. The fourth-order valence-electron chi connectivity index (χ4n) is 0.943. The van der Waals surface area contributed by atoms with Gasteiger partial charge >= 0.3 is 5.97 Å². The lowest BCUT2D eigenvalue weighted by Crippen LogP contribution is -1.95. The van der Waals surface area contributed by atoms with Gasteiger partial charge in [0, 0.05) is 4.88 Å². The van der Waals surface area contributed by atoms with Crippen LogP contribution in [-0.4, -0.2) is 16.8 Å². The highest BCUT2D eigenvalue weighted by Gasteiger charge is 2.02.